The molecule has 2 aliphatic rings. The molecule has 11 heteroatoms. The standard InChI is InChI=1S/C25H30N6O5/c1-25(33,17-28-12-3-2-9-22(28)32)23-26-27-24(30(23)16-21-8-5-13-36-21)29(19-10-11-19)15-18-6-4-7-20(14-18)31(34)35/h2-4,6-7,9,12,14,19,21,33H,5,8,10-11,13,15-17H2,1H3. The van der Waals surface area contributed by atoms with Gasteiger partial charge in [-0.3, -0.25) is 19.5 Å². The normalized spacial score (nSPS) is 19.2. The molecule has 1 aliphatic carbocycles. The summed E-state index contributed by atoms with van der Waals surface area (Å²) in [5.74, 6) is 0.948. The molecule has 0 spiro atoms. The summed E-state index contributed by atoms with van der Waals surface area (Å²) in [6, 6.07) is 11.7. The number of ether oxygens (including phenoxy) is 1. The van der Waals surface area contributed by atoms with Gasteiger partial charge in [-0.15, -0.1) is 10.2 Å². The Balaban J connectivity index is 1.51. The Kier molecular flexibility index (Phi) is 6.59. The second-order valence-corrected chi connectivity index (χ2v) is 9.80. The average molecular weight is 495 g/mol. The Morgan fingerprint density at radius 1 is 1.22 bits per heavy atom. The third-order valence-electron chi connectivity index (χ3n) is 6.72. The predicted molar refractivity (Wildman–Crippen MR) is 132 cm³/mol. The molecule has 3 heterocycles. The summed E-state index contributed by atoms with van der Waals surface area (Å²) in [5, 5.41) is 31.7. The Morgan fingerprint density at radius 2 is 2.06 bits per heavy atom. The van der Waals surface area contributed by atoms with Gasteiger partial charge in [-0.1, -0.05) is 18.2 Å². The van der Waals surface area contributed by atoms with Crippen LogP contribution in [-0.4, -0.2) is 48.1 Å². The van der Waals surface area contributed by atoms with Crippen LogP contribution >= 0.6 is 0 Å². The van der Waals surface area contributed by atoms with Crippen molar-refractivity contribution in [2.75, 3.05) is 11.5 Å². The molecular formula is C25H30N6O5. The first-order valence-electron chi connectivity index (χ1n) is 12.2. The van der Waals surface area contributed by atoms with Crippen molar-refractivity contribution < 1.29 is 14.8 Å². The zero-order chi connectivity index (χ0) is 25.3. The minimum Gasteiger partial charge on any atom is -0.380 e. The largest absolute Gasteiger partial charge is 0.380 e. The Labute approximate surface area is 208 Å². The first-order chi connectivity index (χ1) is 17.3. The smallest absolute Gasteiger partial charge is 0.269 e. The van der Waals surface area contributed by atoms with Gasteiger partial charge in [-0.25, -0.2) is 0 Å². The molecule has 1 saturated carbocycles. The monoisotopic (exact) mass is 494 g/mol. The van der Waals surface area contributed by atoms with E-state index in [1.807, 2.05) is 10.6 Å². The van der Waals surface area contributed by atoms with Crippen LogP contribution in [0.1, 0.15) is 44.0 Å². The summed E-state index contributed by atoms with van der Waals surface area (Å²) < 4.78 is 9.25. The molecule has 0 amide bonds. The number of nitrogens with zero attached hydrogens (tertiary/aromatic N) is 6. The van der Waals surface area contributed by atoms with Gasteiger partial charge in [0.05, 0.1) is 24.1 Å². The van der Waals surface area contributed by atoms with E-state index in [2.05, 4.69) is 15.1 Å². The molecule has 1 N–H and O–H groups in total. The second-order valence-electron chi connectivity index (χ2n) is 9.80. The van der Waals surface area contributed by atoms with E-state index in [4.69, 9.17) is 4.74 Å². The van der Waals surface area contributed by atoms with Crippen molar-refractivity contribution in [3.63, 3.8) is 0 Å². The highest BCUT2D eigenvalue weighted by atomic mass is 16.6. The molecule has 0 bridgehead atoms. The van der Waals surface area contributed by atoms with Gasteiger partial charge in [-0.2, -0.15) is 0 Å². The lowest BCUT2D eigenvalue weighted by Gasteiger charge is -2.28. The van der Waals surface area contributed by atoms with E-state index in [1.165, 1.54) is 16.7 Å². The van der Waals surface area contributed by atoms with Gasteiger partial charge < -0.3 is 19.3 Å². The summed E-state index contributed by atoms with van der Waals surface area (Å²) >= 11 is 0. The predicted octanol–water partition coefficient (Wildman–Crippen LogP) is 2.60. The van der Waals surface area contributed by atoms with E-state index in [1.54, 1.807) is 37.4 Å². The number of rotatable bonds is 10. The van der Waals surface area contributed by atoms with Crippen LogP contribution in [0.4, 0.5) is 11.6 Å². The zero-order valence-corrected chi connectivity index (χ0v) is 20.2. The highest BCUT2D eigenvalue weighted by molar-refractivity contribution is 5.41. The van der Waals surface area contributed by atoms with Gasteiger partial charge in [0, 0.05) is 43.6 Å². The van der Waals surface area contributed by atoms with E-state index in [0.717, 1.165) is 31.2 Å². The van der Waals surface area contributed by atoms with Crippen molar-refractivity contribution in [1.29, 1.82) is 0 Å². The summed E-state index contributed by atoms with van der Waals surface area (Å²) in [4.78, 5) is 25.3. The molecule has 3 aromatic rings. The molecule has 1 aromatic carbocycles. The molecule has 11 nitrogen and oxygen atoms in total. The zero-order valence-electron chi connectivity index (χ0n) is 20.2. The Hall–Kier alpha value is -3.57. The number of benzene rings is 1. The molecule has 2 fully saturated rings. The minimum absolute atomic E-state index is 0.0185. The minimum atomic E-state index is -1.48. The lowest BCUT2D eigenvalue weighted by atomic mass is 10.1. The quantitative estimate of drug-likeness (QED) is 0.336. The maximum Gasteiger partial charge on any atom is 0.269 e. The molecule has 2 atom stereocenters. The Bertz CT molecular complexity index is 1290. The van der Waals surface area contributed by atoms with E-state index >= 15 is 0 Å². The van der Waals surface area contributed by atoms with Crippen LogP contribution in [0.15, 0.2) is 53.5 Å². The summed E-state index contributed by atoms with van der Waals surface area (Å²) in [7, 11) is 0. The van der Waals surface area contributed by atoms with Gasteiger partial charge in [0.2, 0.25) is 5.95 Å². The van der Waals surface area contributed by atoms with Gasteiger partial charge in [0.25, 0.3) is 11.2 Å². The van der Waals surface area contributed by atoms with Crippen molar-refractivity contribution in [3.8, 4) is 0 Å². The van der Waals surface area contributed by atoms with Crippen LogP contribution in [-0.2, 0) is 30.0 Å². The highest BCUT2D eigenvalue weighted by Gasteiger charge is 2.38. The van der Waals surface area contributed by atoms with Gasteiger partial charge in [0.15, 0.2) is 5.82 Å². The molecule has 2 unspecified atom stereocenters. The maximum absolute atomic E-state index is 12.3. The van der Waals surface area contributed by atoms with Crippen LogP contribution < -0.4 is 10.5 Å². The van der Waals surface area contributed by atoms with Crippen LogP contribution in [0.2, 0.25) is 0 Å². The molecule has 190 valence electrons. The van der Waals surface area contributed by atoms with E-state index in [0.29, 0.717) is 31.5 Å². The van der Waals surface area contributed by atoms with E-state index in [-0.39, 0.29) is 29.9 Å². The number of aromatic nitrogens is 4. The van der Waals surface area contributed by atoms with E-state index in [9.17, 15) is 20.0 Å². The molecule has 2 aromatic heterocycles. The van der Waals surface area contributed by atoms with Gasteiger partial charge >= 0.3 is 0 Å². The number of nitro benzene ring substituents is 1. The van der Waals surface area contributed by atoms with Crippen LogP contribution in [0.3, 0.4) is 0 Å². The van der Waals surface area contributed by atoms with E-state index < -0.39 is 10.5 Å². The fourth-order valence-corrected chi connectivity index (χ4v) is 4.77. The number of anilines is 1. The first-order valence-corrected chi connectivity index (χ1v) is 12.2. The van der Waals surface area contributed by atoms with Crippen molar-refractivity contribution in [2.24, 2.45) is 0 Å². The lowest BCUT2D eigenvalue weighted by Crippen LogP contribution is -2.37. The number of hydrogen-bond donors (Lipinski definition) is 1. The van der Waals surface area contributed by atoms with Crippen LogP contribution in [0, 0.1) is 10.1 Å². The lowest BCUT2D eigenvalue weighted by molar-refractivity contribution is -0.384. The van der Waals surface area contributed by atoms with Gasteiger partial charge in [0.1, 0.15) is 5.60 Å². The molecule has 0 radical (unpaired) electrons. The number of non-ortho nitro benzene ring substituents is 1. The van der Waals surface area contributed by atoms with Gasteiger partial charge in [-0.05, 0) is 44.2 Å². The molecule has 5 rings (SSSR count). The second kappa shape index (κ2) is 9.82. The summed E-state index contributed by atoms with van der Waals surface area (Å²) in [5.41, 5.74) is -0.850. The number of aliphatic hydroxyl groups is 1. The fourth-order valence-electron chi connectivity index (χ4n) is 4.77. The topological polar surface area (TPSA) is 129 Å². The van der Waals surface area contributed by atoms with Crippen LogP contribution in [0.5, 0.6) is 0 Å². The summed E-state index contributed by atoms with van der Waals surface area (Å²) in [6.07, 6.45) is 5.42. The SMILES string of the molecule is CC(O)(Cn1ccccc1=O)c1nnc(N(Cc2cccc([N+](=O)[O-])c2)C2CC2)n1CC1CCCO1. The first kappa shape index (κ1) is 24.1. The molecule has 36 heavy (non-hydrogen) atoms. The Morgan fingerprint density at radius 3 is 2.75 bits per heavy atom. The molecule has 1 saturated heterocycles. The molecule has 1 aliphatic heterocycles. The highest BCUT2D eigenvalue weighted by Crippen LogP contribution is 2.35. The number of nitro groups is 1. The summed E-state index contributed by atoms with van der Waals surface area (Å²) in [6.45, 7) is 3.23. The van der Waals surface area contributed by atoms with Crippen molar-refractivity contribution in [2.45, 2.75) is 70.0 Å². The third-order valence-corrected chi connectivity index (χ3v) is 6.72. The fraction of sp³-hybridized carbons (Fsp3) is 0.480. The maximum atomic E-state index is 12.3. The van der Waals surface area contributed by atoms with Crippen molar-refractivity contribution in [1.82, 2.24) is 19.3 Å². The number of hydrogen-bond acceptors (Lipinski definition) is 8. The average Bonchev–Trinajstić information content (AvgIpc) is 3.40. The third kappa shape index (κ3) is 5.17. The van der Waals surface area contributed by atoms with Crippen molar-refractivity contribution in [3.05, 3.63) is 80.5 Å². The van der Waals surface area contributed by atoms with Crippen LogP contribution in [0.25, 0.3) is 0 Å². The van der Waals surface area contributed by atoms with Crippen molar-refractivity contribution >= 4 is 11.6 Å². The number of pyridine rings is 1. The molecular weight excluding hydrogens is 464 g/mol.